The normalized spacial score (nSPS) is 15.3. The molecule has 0 atom stereocenters. The summed E-state index contributed by atoms with van der Waals surface area (Å²) in [6.45, 7) is 6.02. The average molecular weight is 383 g/mol. The van der Waals surface area contributed by atoms with Crippen molar-refractivity contribution in [3.8, 4) is 5.75 Å². The molecule has 1 aliphatic rings. The number of aliphatic hydroxyl groups excluding tert-OH is 1. The second-order valence-corrected chi connectivity index (χ2v) is 7.00. The Balaban J connectivity index is 1.36. The Labute approximate surface area is 166 Å². The molecule has 0 aliphatic carbocycles. The Morgan fingerprint density at radius 2 is 1.57 bits per heavy atom. The molecule has 0 bridgehead atoms. The van der Waals surface area contributed by atoms with Gasteiger partial charge in [0.2, 0.25) is 5.91 Å². The Morgan fingerprint density at radius 1 is 0.929 bits per heavy atom. The zero-order chi connectivity index (χ0) is 19.6. The zero-order valence-electron chi connectivity index (χ0n) is 16.2. The number of amides is 1. The van der Waals surface area contributed by atoms with Gasteiger partial charge in [0.05, 0.1) is 6.61 Å². The number of carbonyl (C=O) groups excluding carboxylic acids is 1. The number of piperazine rings is 1. The van der Waals surface area contributed by atoms with E-state index in [4.69, 9.17) is 9.84 Å². The van der Waals surface area contributed by atoms with Crippen LogP contribution in [0.2, 0.25) is 0 Å². The third-order valence-electron chi connectivity index (χ3n) is 4.92. The van der Waals surface area contributed by atoms with Crippen molar-refractivity contribution in [2.45, 2.75) is 13.0 Å². The molecule has 0 aromatic heterocycles. The highest BCUT2D eigenvalue weighted by molar-refractivity contribution is 5.90. The topological polar surface area (TPSA) is 65.0 Å². The molecule has 0 spiro atoms. The lowest BCUT2D eigenvalue weighted by molar-refractivity contribution is -0.116. The highest BCUT2D eigenvalue weighted by Gasteiger charge is 2.16. The van der Waals surface area contributed by atoms with E-state index in [0.717, 1.165) is 56.3 Å². The molecule has 1 saturated heterocycles. The minimum absolute atomic E-state index is 0.0238. The fraction of sp³-hybridized carbons (Fsp3) is 0.409. The lowest BCUT2D eigenvalue weighted by Crippen LogP contribution is -2.47. The molecular weight excluding hydrogens is 354 g/mol. The first-order valence-electron chi connectivity index (χ1n) is 9.85. The summed E-state index contributed by atoms with van der Waals surface area (Å²) in [6, 6.07) is 17.5. The fourth-order valence-electron chi connectivity index (χ4n) is 3.24. The molecule has 3 rings (SSSR count). The summed E-state index contributed by atoms with van der Waals surface area (Å²) < 4.78 is 5.77. The Morgan fingerprint density at radius 3 is 2.21 bits per heavy atom. The van der Waals surface area contributed by atoms with Gasteiger partial charge in [0.1, 0.15) is 12.4 Å². The summed E-state index contributed by atoms with van der Waals surface area (Å²) in [7, 11) is 0. The first kappa shape index (κ1) is 20.3. The molecule has 2 aromatic rings. The monoisotopic (exact) mass is 383 g/mol. The van der Waals surface area contributed by atoms with E-state index in [9.17, 15) is 4.79 Å². The zero-order valence-corrected chi connectivity index (χ0v) is 16.2. The van der Waals surface area contributed by atoms with E-state index >= 15 is 0 Å². The number of benzene rings is 2. The van der Waals surface area contributed by atoms with E-state index < -0.39 is 0 Å². The van der Waals surface area contributed by atoms with Crippen LogP contribution in [0.5, 0.6) is 5.75 Å². The van der Waals surface area contributed by atoms with Crippen LogP contribution in [0.15, 0.2) is 54.6 Å². The third kappa shape index (κ3) is 6.64. The van der Waals surface area contributed by atoms with Gasteiger partial charge in [-0.05, 0) is 29.8 Å². The fourth-order valence-corrected chi connectivity index (χ4v) is 3.24. The number of anilines is 1. The van der Waals surface area contributed by atoms with E-state index in [0.29, 0.717) is 13.0 Å². The molecule has 1 aliphatic heterocycles. The molecule has 0 radical (unpaired) electrons. The number of aliphatic hydroxyl groups is 1. The summed E-state index contributed by atoms with van der Waals surface area (Å²) in [5, 5.41) is 11.9. The first-order valence-corrected chi connectivity index (χ1v) is 9.85. The maximum atomic E-state index is 12.2. The van der Waals surface area contributed by atoms with Crippen molar-refractivity contribution in [1.29, 1.82) is 0 Å². The number of rotatable bonds is 9. The van der Waals surface area contributed by atoms with Crippen LogP contribution >= 0.6 is 0 Å². The summed E-state index contributed by atoms with van der Waals surface area (Å²) >= 11 is 0. The molecule has 2 N–H and O–H groups in total. The highest BCUT2D eigenvalue weighted by Crippen LogP contribution is 2.17. The first-order chi connectivity index (χ1) is 13.7. The SMILES string of the molecule is O=C(CCN1CCN(CCO)CC1)Nc1ccc(OCc2ccccc2)cc1. The molecule has 1 heterocycles. The minimum atomic E-state index is 0.0238. The number of nitrogens with one attached hydrogen (secondary N) is 1. The van der Waals surface area contributed by atoms with Crippen LogP contribution in [0.25, 0.3) is 0 Å². The average Bonchev–Trinajstić information content (AvgIpc) is 2.74. The van der Waals surface area contributed by atoms with Crippen LogP contribution in [0.4, 0.5) is 5.69 Å². The summed E-state index contributed by atoms with van der Waals surface area (Å²) in [5.74, 6) is 0.804. The Hall–Kier alpha value is -2.41. The van der Waals surface area contributed by atoms with Crippen molar-refractivity contribution < 1.29 is 14.6 Å². The van der Waals surface area contributed by atoms with Gasteiger partial charge in [0.25, 0.3) is 0 Å². The molecule has 150 valence electrons. The number of carbonyl (C=O) groups is 1. The van der Waals surface area contributed by atoms with Gasteiger partial charge in [-0.25, -0.2) is 0 Å². The van der Waals surface area contributed by atoms with Crippen LogP contribution in [-0.4, -0.2) is 66.7 Å². The number of hydrogen-bond acceptors (Lipinski definition) is 5. The standard InChI is InChI=1S/C22H29N3O3/c26-17-16-25-14-12-24(13-15-25)11-10-22(27)23-20-6-8-21(9-7-20)28-18-19-4-2-1-3-5-19/h1-9,26H,10-18H2,(H,23,27). The predicted molar refractivity (Wildman–Crippen MR) is 110 cm³/mol. The predicted octanol–water partition coefficient (Wildman–Crippen LogP) is 2.20. The number of ether oxygens (including phenoxy) is 1. The minimum Gasteiger partial charge on any atom is -0.489 e. The van der Waals surface area contributed by atoms with Gasteiger partial charge < -0.3 is 20.1 Å². The molecule has 2 aromatic carbocycles. The van der Waals surface area contributed by atoms with Crippen LogP contribution < -0.4 is 10.1 Å². The van der Waals surface area contributed by atoms with Crippen molar-refractivity contribution in [2.24, 2.45) is 0 Å². The lowest BCUT2D eigenvalue weighted by Gasteiger charge is -2.34. The third-order valence-corrected chi connectivity index (χ3v) is 4.92. The van der Waals surface area contributed by atoms with Gasteiger partial charge in [-0.15, -0.1) is 0 Å². The van der Waals surface area contributed by atoms with E-state index in [2.05, 4.69) is 15.1 Å². The van der Waals surface area contributed by atoms with Gasteiger partial charge in [-0.2, -0.15) is 0 Å². The van der Waals surface area contributed by atoms with Crippen LogP contribution in [0.1, 0.15) is 12.0 Å². The van der Waals surface area contributed by atoms with Crippen molar-refractivity contribution in [3.63, 3.8) is 0 Å². The maximum Gasteiger partial charge on any atom is 0.225 e. The van der Waals surface area contributed by atoms with Crippen molar-refractivity contribution in [1.82, 2.24) is 9.80 Å². The van der Waals surface area contributed by atoms with Crippen molar-refractivity contribution in [2.75, 3.05) is 51.2 Å². The van der Waals surface area contributed by atoms with Gasteiger partial charge in [-0.1, -0.05) is 30.3 Å². The molecule has 1 amide bonds. The van der Waals surface area contributed by atoms with Gasteiger partial charge in [-0.3, -0.25) is 9.69 Å². The van der Waals surface area contributed by atoms with E-state index in [-0.39, 0.29) is 12.5 Å². The van der Waals surface area contributed by atoms with Crippen LogP contribution in [0.3, 0.4) is 0 Å². The molecular formula is C22H29N3O3. The van der Waals surface area contributed by atoms with E-state index in [1.807, 2.05) is 54.6 Å². The molecule has 1 fully saturated rings. The highest BCUT2D eigenvalue weighted by atomic mass is 16.5. The quantitative estimate of drug-likeness (QED) is 0.695. The van der Waals surface area contributed by atoms with Crippen LogP contribution in [0, 0.1) is 0 Å². The van der Waals surface area contributed by atoms with E-state index in [1.165, 1.54) is 0 Å². The molecule has 6 heteroatoms. The molecule has 6 nitrogen and oxygen atoms in total. The van der Waals surface area contributed by atoms with Crippen molar-refractivity contribution in [3.05, 3.63) is 60.2 Å². The van der Waals surface area contributed by atoms with E-state index in [1.54, 1.807) is 0 Å². The van der Waals surface area contributed by atoms with Gasteiger partial charge >= 0.3 is 0 Å². The lowest BCUT2D eigenvalue weighted by atomic mass is 10.2. The van der Waals surface area contributed by atoms with Crippen LogP contribution in [-0.2, 0) is 11.4 Å². The van der Waals surface area contributed by atoms with Gasteiger partial charge in [0, 0.05) is 51.4 Å². The molecule has 0 saturated carbocycles. The summed E-state index contributed by atoms with van der Waals surface area (Å²) in [4.78, 5) is 16.8. The number of hydrogen-bond donors (Lipinski definition) is 2. The second kappa shape index (κ2) is 10.8. The Kier molecular flexibility index (Phi) is 7.84. The molecule has 28 heavy (non-hydrogen) atoms. The summed E-state index contributed by atoms with van der Waals surface area (Å²) in [6.07, 6.45) is 0.478. The molecule has 0 unspecified atom stereocenters. The number of nitrogens with zero attached hydrogens (tertiary/aromatic N) is 2. The number of β-amino-alcohol motifs (C(OH)–C–C–N with tert-alkyl or cyclic N) is 1. The summed E-state index contributed by atoms with van der Waals surface area (Å²) in [5.41, 5.74) is 1.90. The van der Waals surface area contributed by atoms with Gasteiger partial charge in [0.15, 0.2) is 0 Å². The second-order valence-electron chi connectivity index (χ2n) is 7.00. The Bertz CT molecular complexity index is 714. The largest absolute Gasteiger partial charge is 0.489 e. The smallest absolute Gasteiger partial charge is 0.225 e. The van der Waals surface area contributed by atoms with Crippen molar-refractivity contribution >= 4 is 11.6 Å². The maximum absolute atomic E-state index is 12.2.